The summed E-state index contributed by atoms with van der Waals surface area (Å²) in [7, 11) is -4.32. The van der Waals surface area contributed by atoms with Crippen molar-refractivity contribution in [3.05, 3.63) is 0 Å². The Labute approximate surface area is 275 Å². The highest BCUT2D eigenvalue weighted by molar-refractivity contribution is 7.80. The van der Waals surface area contributed by atoms with Crippen LogP contribution in [-0.2, 0) is 33.5 Å². The van der Waals surface area contributed by atoms with Crippen LogP contribution in [0.1, 0.15) is 130 Å². The molecule has 6 N–H and O–H groups in total. The summed E-state index contributed by atoms with van der Waals surface area (Å²) >= 11 is 0. The van der Waals surface area contributed by atoms with Crippen LogP contribution in [0.5, 0.6) is 0 Å². The van der Waals surface area contributed by atoms with Gasteiger partial charge in [0.25, 0.3) is 0 Å². The number of hydrogen-bond acceptors (Lipinski definition) is 12. The molecule has 0 aromatic rings. The Hall–Kier alpha value is -0.490. The summed E-state index contributed by atoms with van der Waals surface area (Å²) < 4.78 is 57.6. The van der Waals surface area contributed by atoms with Crippen LogP contribution in [0, 0.1) is 0 Å². The van der Waals surface area contributed by atoms with Crippen molar-refractivity contribution in [2.24, 2.45) is 0 Å². The molecule has 2 saturated heterocycles. The molecule has 46 heavy (non-hydrogen) atoms. The molecule has 1 unspecified atom stereocenters. The molecular formula is C32H62O13S. The third-order valence-corrected chi connectivity index (χ3v) is 9.46. The lowest BCUT2D eigenvalue weighted by Crippen LogP contribution is -2.63. The standard InChI is InChI=1S/C32H62O13S/c1-4-5-19-24(20-17-15-13-11-9-7-6-8-10-12-14-16-18-21-41-46(38,39)40)44-32-30(28(36)26(34)23(3)43-32)45-31-29(37)27(35)25(33)22(2)42-31/h22-37H,4-21H2,1-3H3,(H,38,39,40)/t22-,23-,24?,25-,26-,27+,28+,29-,30-,31+,32+/m1/s1. The molecule has 0 radical (unpaired) electrons. The van der Waals surface area contributed by atoms with Crippen molar-refractivity contribution in [1.82, 2.24) is 0 Å². The van der Waals surface area contributed by atoms with E-state index in [0.717, 1.165) is 64.2 Å². The molecule has 0 amide bonds. The second-order valence-corrected chi connectivity index (χ2v) is 14.1. The molecule has 2 aliphatic heterocycles. The van der Waals surface area contributed by atoms with Gasteiger partial charge in [0.05, 0.1) is 24.9 Å². The van der Waals surface area contributed by atoms with Gasteiger partial charge in [0, 0.05) is 0 Å². The smallest absolute Gasteiger partial charge is 0.388 e. The molecule has 11 atom stereocenters. The van der Waals surface area contributed by atoms with E-state index in [2.05, 4.69) is 11.1 Å². The van der Waals surface area contributed by atoms with E-state index in [1.165, 1.54) is 38.5 Å². The summed E-state index contributed by atoms with van der Waals surface area (Å²) in [5.74, 6) is 0. The highest BCUT2D eigenvalue weighted by Crippen LogP contribution is 2.31. The molecule has 2 rings (SSSR count). The maximum Gasteiger partial charge on any atom is 0.397 e. The molecule has 0 bridgehead atoms. The minimum absolute atomic E-state index is 0.0327. The first kappa shape index (κ1) is 41.7. The molecule has 0 aromatic carbocycles. The maximum atomic E-state index is 10.9. The van der Waals surface area contributed by atoms with Crippen molar-refractivity contribution in [1.29, 1.82) is 0 Å². The van der Waals surface area contributed by atoms with Gasteiger partial charge in [0.1, 0.15) is 36.6 Å². The largest absolute Gasteiger partial charge is 0.397 e. The third kappa shape index (κ3) is 15.4. The van der Waals surface area contributed by atoms with E-state index in [-0.39, 0.29) is 12.7 Å². The van der Waals surface area contributed by atoms with Gasteiger partial charge in [-0.3, -0.25) is 4.55 Å². The Balaban J connectivity index is 1.69. The van der Waals surface area contributed by atoms with Gasteiger partial charge in [0.2, 0.25) is 0 Å². The normalized spacial score (nSPS) is 32.9. The topological polar surface area (TPSA) is 202 Å². The first-order valence-electron chi connectivity index (χ1n) is 17.5. The average molecular weight is 687 g/mol. The van der Waals surface area contributed by atoms with Crippen LogP contribution in [0.2, 0.25) is 0 Å². The summed E-state index contributed by atoms with van der Waals surface area (Å²) in [6, 6.07) is 0. The third-order valence-electron chi connectivity index (χ3n) is 8.99. The number of ether oxygens (including phenoxy) is 4. The van der Waals surface area contributed by atoms with Crippen molar-refractivity contribution < 1.29 is 61.6 Å². The van der Waals surface area contributed by atoms with Crippen molar-refractivity contribution in [3.8, 4) is 0 Å². The van der Waals surface area contributed by atoms with Crippen molar-refractivity contribution in [3.63, 3.8) is 0 Å². The van der Waals surface area contributed by atoms with Crippen LogP contribution in [0.15, 0.2) is 0 Å². The quantitative estimate of drug-likeness (QED) is 0.0637. The van der Waals surface area contributed by atoms with E-state index >= 15 is 0 Å². The van der Waals surface area contributed by atoms with Gasteiger partial charge in [-0.25, -0.2) is 4.18 Å². The Kier molecular flexibility index (Phi) is 20.2. The summed E-state index contributed by atoms with van der Waals surface area (Å²) in [6.07, 6.45) is 5.39. The zero-order valence-corrected chi connectivity index (χ0v) is 28.8. The van der Waals surface area contributed by atoms with Crippen LogP contribution in [-0.4, -0.2) is 113 Å². The van der Waals surface area contributed by atoms with Crippen LogP contribution < -0.4 is 0 Å². The lowest BCUT2D eigenvalue weighted by molar-refractivity contribution is -0.366. The highest BCUT2D eigenvalue weighted by atomic mass is 32.3. The van der Waals surface area contributed by atoms with Crippen molar-refractivity contribution >= 4 is 10.4 Å². The Bertz CT molecular complexity index is 893. The van der Waals surface area contributed by atoms with Gasteiger partial charge >= 0.3 is 10.4 Å². The molecule has 13 nitrogen and oxygen atoms in total. The van der Waals surface area contributed by atoms with Gasteiger partial charge in [-0.15, -0.1) is 0 Å². The molecule has 0 aliphatic carbocycles. The SMILES string of the molecule is CCCCC(CCCCCCCCCCCCCCCOS(=O)(=O)O)O[C@@H]1O[C@H](C)[C@@H](O)[C@H](O)[C@H]1O[C@@H]1O[C@H](C)[C@@H](O)[C@H](O)[C@H]1O. The fourth-order valence-electron chi connectivity index (χ4n) is 6.02. The van der Waals surface area contributed by atoms with Crippen LogP contribution in [0.4, 0.5) is 0 Å². The van der Waals surface area contributed by atoms with E-state index < -0.39 is 71.8 Å². The summed E-state index contributed by atoms with van der Waals surface area (Å²) in [4.78, 5) is 0. The van der Waals surface area contributed by atoms with Gasteiger partial charge in [0.15, 0.2) is 12.6 Å². The van der Waals surface area contributed by atoms with E-state index in [0.29, 0.717) is 6.42 Å². The Morgan fingerprint density at radius 1 is 0.609 bits per heavy atom. The van der Waals surface area contributed by atoms with Crippen LogP contribution in [0.3, 0.4) is 0 Å². The van der Waals surface area contributed by atoms with E-state index in [1.807, 2.05) is 0 Å². The fourth-order valence-corrected chi connectivity index (χ4v) is 6.35. The summed E-state index contributed by atoms with van der Waals surface area (Å²) in [5, 5.41) is 52.1. The molecule has 0 aromatic heterocycles. The Morgan fingerprint density at radius 3 is 1.59 bits per heavy atom. The monoisotopic (exact) mass is 686 g/mol. The molecular weight excluding hydrogens is 624 g/mol. The predicted molar refractivity (Wildman–Crippen MR) is 170 cm³/mol. The van der Waals surface area contributed by atoms with E-state index in [4.69, 9.17) is 23.5 Å². The van der Waals surface area contributed by atoms with Crippen LogP contribution in [0.25, 0.3) is 0 Å². The molecule has 2 fully saturated rings. The number of aliphatic hydroxyl groups excluding tert-OH is 5. The number of aliphatic hydroxyl groups is 5. The summed E-state index contributed by atoms with van der Waals surface area (Å²) in [5.41, 5.74) is 0. The van der Waals surface area contributed by atoms with E-state index in [1.54, 1.807) is 13.8 Å². The first-order valence-corrected chi connectivity index (χ1v) is 18.9. The van der Waals surface area contributed by atoms with Gasteiger partial charge in [-0.05, 0) is 33.1 Å². The average Bonchev–Trinajstić information content (AvgIpc) is 3.00. The predicted octanol–water partition coefficient (Wildman–Crippen LogP) is 3.52. The summed E-state index contributed by atoms with van der Waals surface area (Å²) in [6.45, 7) is 5.33. The molecule has 274 valence electrons. The van der Waals surface area contributed by atoms with Gasteiger partial charge in [-0.1, -0.05) is 96.8 Å². The molecule has 2 aliphatic rings. The second-order valence-electron chi connectivity index (χ2n) is 13.0. The van der Waals surface area contributed by atoms with Crippen molar-refractivity contribution in [2.75, 3.05) is 6.61 Å². The van der Waals surface area contributed by atoms with Crippen molar-refractivity contribution in [2.45, 2.75) is 197 Å². The minimum atomic E-state index is -4.32. The highest BCUT2D eigenvalue weighted by Gasteiger charge is 2.50. The minimum Gasteiger partial charge on any atom is -0.388 e. The zero-order valence-electron chi connectivity index (χ0n) is 28.0. The second kappa shape index (κ2) is 22.3. The Morgan fingerprint density at radius 2 is 1.07 bits per heavy atom. The number of rotatable bonds is 24. The molecule has 0 saturated carbocycles. The van der Waals surface area contributed by atoms with Crippen LogP contribution >= 0.6 is 0 Å². The van der Waals surface area contributed by atoms with Gasteiger partial charge < -0.3 is 44.5 Å². The molecule has 2 heterocycles. The lowest BCUT2D eigenvalue weighted by atomic mass is 9.97. The fraction of sp³-hybridized carbons (Fsp3) is 1.00. The molecule has 14 heteroatoms. The van der Waals surface area contributed by atoms with E-state index in [9.17, 15) is 34.0 Å². The zero-order chi connectivity index (χ0) is 34.1. The maximum absolute atomic E-state index is 10.9. The lowest BCUT2D eigenvalue weighted by Gasteiger charge is -2.46. The first-order chi connectivity index (χ1) is 21.9. The molecule has 0 spiro atoms. The van der Waals surface area contributed by atoms with Gasteiger partial charge in [-0.2, -0.15) is 8.42 Å². The number of unbranched alkanes of at least 4 members (excludes halogenated alkanes) is 13. The number of hydrogen-bond donors (Lipinski definition) is 6.